The fourth-order valence-corrected chi connectivity index (χ4v) is 3.65. The van der Waals surface area contributed by atoms with E-state index in [1.54, 1.807) is 12.2 Å². The van der Waals surface area contributed by atoms with Gasteiger partial charge in [0.25, 0.3) is 0 Å². The second kappa shape index (κ2) is 11.6. The summed E-state index contributed by atoms with van der Waals surface area (Å²) in [6, 6.07) is 13.9. The second-order valence-electron chi connectivity index (χ2n) is 7.53. The van der Waals surface area contributed by atoms with Gasteiger partial charge in [0.2, 0.25) is 5.91 Å². The largest absolute Gasteiger partial charge is 0.492 e. The molecule has 0 aliphatic heterocycles. The van der Waals surface area contributed by atoms with E-state index >= 15 is 0 Å². The highest BCUT2D eigenvalue weighted by Gasteiger charge is 2.10. The minimum Gasteiger partial charge on any atom is -0.492 e. The van der Waals surface area contributed by atoms with Crippen LogP contribution < -0.4 is 10.1 Å². The van der Waals surface area contributed by atoms with Crippen LogP contribution in [0.25, 0.3) is 11.0 Å². The number of ether oxygens (including phenoxy) is 1. The molecule has 6 heteroatoms. The molecule has 0 atom stereocenters. The second-order valence-corrected chi connectivity index (χ2v) is 7.94. The Kier molecular flexibility index (Phi) is 8.53. The minimum atomic E-state index is -0.0276. The molecule has 1 amide bonds. The van der Waals surface area contributed by atoms with Gasteiger partial charge in [0.15, 0.2) is 0 Å². The van der Waals surface area contributed by atoms with Crippen molar-refractivity contribution in [2.24, 2.45) is 0 Å². The van der Waals surface area contributed by atoms with Crippen LogP contribution in [0.3, 0.4) is 0 Å². The zero-order chi connectivity index (χ0) is 22.1. The van der Waals surface area contributed by atoms with E-state index in [0.717, 1.165) is 65.4 Å². The minimum absolute atomic E-state index is 0.0276. The van der Waals surface area contributed by atoms with Crippen LogP contribution in [-0.4, -0.2) is 28.6 Å². The predicted molar refractivity (Wildman–Crippen MR) is 127 cm³/mol. The smallest absolute Gasteiger partial charge is 0.243 e. The lowest BCUT2D eigenvalue weighted by Gasteiger charge is -2.12. The van der Waals surface area contributed by atoms with Crippen molar-refractivity contribution in [3.8, 4) is 5.75 Å². The molecule has 5 nitrogen and oxygen atoms in total. The Hall–Kier alpha value is -2.79. The molecule has 0 fully saturated rings. The molecule has 31 heavy (non-hydrogen) atoms. The molecule has 0 aliphatic rings. The molecular weight excluding hydrogens is 410 g/mol. The van der Waals surface area contributed by atoms with Crippen LogP contribution in [0.5, 0.6) is 5.75 Å². The Morgan fingerprint density at radius 2 is 2.03 bits per heavy atom. The number of halogens is 1. The van der Waals surface area contributed by atoms with Crippen molar-refractivity contribution in [3.63, 3.8) is 0 Å². The first kappa shape index (κ1) is 22.9. The summed E-state index contributed by atoms with van der Waals surface area (Å²) in [5.74, 6) is 1.88. The Balaban J connectivity index is 1.55. The molecule has 3 rings (SSSR count). The topological polar surface area (TPSA) is 56.2 Å². The maximum atomic E-state index is 11.4. The monoisotopic (exact) mass is 439 g/mol. The zero-order valence-electron chi connectivity index (χ0n) is 18.2. The number of unbranched alkanes of at least 4 members (excludes halogenated alkanes) is 2. The van der Waals surface area contributed by atoms with E-state index in [1.165, 1.54) is 0 Å². The van der Waals surface area contributed by atoms with Crippen molar-refractivity contribution in [2.75, 3.05) is 13.2 Å². The number of para-hydroxylation sites is 2. The summed E-state index contributed by atoms with van der Waals surface area (Å²) in [6.07, 6.45) is 7.23. The summed E-state index contributed by atoms with van der Waals surface area (Å²) in [7, 11) is 0. The molecule has 0 bridgehead atoms. The number of hydrogen-bond acceptors (Lipinski definition) is 3. The standard InChI is InChI=1S/C25H30ClN3O2/c1-3-9-25(30)27-15-8-4-5-12-24-28-22-10-6-7-11-23(22)29(24)16-17-31-20-13-14-21(26)19(2)18-20/h3,6-7,9-11,13-14,18H,4-5,8,12,15-17H2,1-2H3,(H,27,30)/b9-3+. The van der Waals surface area contributed by atoms with Crippen molar-refractivity contribution in [2.45, 2.75) is 46.1 Å². The van der Waals surface area contributed by atoms with Gasteiger partial charge in [-0.1, -0.05) is 36.2 Å². The van der Waals surface area contributed by atoms with Gasteiger partial charge in [-0.05, 0) is 68.7 Å². The third-order valence-corrected chi connectivity index (χ3v) is 5.57. The summed E-state index contributed by atoms with van der Waals surface area (Å²) in [4.78, 5) is 16.3. The summed E-state index contributed by atoms with van der Waals surface area (Å²) < 4.78 is 8.22. The molecule has 1 N–H and O–H groups in total. The number of nitrogens with one attached hydrogen (secondary N) is 1. The SMILES string of the molecule is C/C=C/C(=O)NCCCCCc1nc2ccccc2n1CCOc1ccc(Cl)c(C)c1. The van der Waals surface area contributed by atoms with Gasteiger partial charge in [0, 0.05) is 18.0 Å². The van der Waals surface area contributed by atoms with Crippen LogP contribution >= 0.6 is 11.6 Å². The Labute approximate surface area is 189 Å². The van der Waals surface area contributed by atoms with Crippen LogP contribution in [0.4, 0.5) is 0 Å². The van der Waals surface area contributed by atoms with Crippen molar-refractivity contribution in [3.05, 3.63) is 71.0 Å². The normalized spacial score (nSPS) is 11.3. The Bertz CT molecular complexity index is 1040. The number of amides is 1. The Morgan fingerprint density at radius 1 is 1.19 bits per heavy atom. The zero-order valence-corrected chi connectivity index (χ0v) is 19.0. The highest BCUT2D eigenvalue weighted by atomic mass is 35.5. The number of benzene rings is 2. The maximum absolute atomic E-state index is 11.4. The van der Waals surface area contributed by atoms with Crippen molar-refractivity contribution in [1.82, 2.24) is 14.9 Å². The van der Waals surface area contributed by atoms with Gasteiger partial charge in [-0.3, -0.25) is 4.79 Å². The number of carbonyl (C=O) groups is 1. The highest BCUT2D eigenvalue weighted by Crippen LogP contribution is 2.22. The first-order chi connectivity index (χ1) is 15.1. The van der Waals surface area contributed by atoms with E-state index in [1.807, 2.05) is 44.2 Å². The van der Waals surface area contributed by atoms with Crippen LogP contribution in [0, 0.1) is 6.92 Å². The molecule has 1 aromatic heterocycles. The van der Waals surface area contributed by atoms with Crippen molar-refractivity contribution < 1.29 is 9.53 Å². The van der Waals surface area contributed by atoms with Crippen LogP contribution in [0.1, 0.15) is 37.6 Å². The van der Waals surface area contributed by atoms with E-state index in [-0.39, 0.29) is 5.91 Å². The molecular formula is C25H30ClN3O2. The van der Waals surface area contributed by atoms with E-state index < -0.39 is 0 Å². The molecule has 0 unspecified atom stereocenters. The summed E-state index contributed by atoms with van der Waals surface area (Å²) in [6.45, 7) is 5.81. The lowest BCUT2D eigenvalue weighted by atomic mass is 10.2. The van der Waals surface area contributed by atoms with Crippen LogP contribution in [-0.2, 0) is 17.8 Å². The number of allylic oxidation sites excluding steroid dienone is 1. The Morgan fingerprint density at radius 3 is 2.84 bits per heavy atom. The number of hydrogen-bond donors (Lipinski definition) is 1. The average molecular weight is 440 g/mol. The number of nitrogens with zero attached hydrogens (tertiary/aromatic N) is 2. The van der Waals surface area contributed by atoms with Gasteiger partial charge < -0.3 is 14.6 Å². The molecule has 0 saturated carbocycles. The quantitative estimate of drug-likeness (QED) is 0.318. The molecule has 1 heterocycles. The molecule has 0 aliphatic carbocycles. The van der Waals surface area contributed by atoms with E-state index in [9.17, 15) is 4.79 Å². The third kappa shape index (κ3) is 6.59. The number of fused-ring (bicyclic) bond motifs is 1. The molecule has 164 valence electrons. The maximum Gasteiger partial charge on any atom is 0.243 e. The predicted octanol–water partition coefficient (Wildman–Crippen LogP) is 5.48. The number of imidazole rings is 1. The van der Waals surface area contributed by atoms with Crippen LogP contribution in [0.15, 0.2) is 54.6 Å². The molecule has 0 radical (unpaired) electrons. The van der Waals surface area contributed by atoms with E-state index in [2.05, 4.69) is 22.0 Å². The highest BCUT2D eigenvalue weighted by molar-refractivity contribution is 6.31. The summed E-state index contributed by atoms with van der Waals surface area (Å²) in [5.41, 5.74) is 3.15. The molecule has 0 saturated heterocycles. The fourth-order valence-electron chi connectivity index (χ4n) is 3.53. The number of rotatable bonds is 11. The lowest BCUT2D eigenvalue weighted by molar-refractivity contribution is -0.116. The van der Waals surface area contributed by atoms with Gasteiger partial charge in [0.1, 0.15) is 18.2 Å². The molecule has 3 aromatic rings. The number of aryl methyl sites for hydroxylation is 2. The number of carbonyl (C=O) groups excluding carboxylic acids is 1. The average Bonchev–Trinajstić information content (AvgIpc) is 3.11. The van der Waals surface area contributed by atoms with Gasteiger partial charge in [-0.25, -0.2) is 4.98 Å². The van der Waals surface area contributed by atoms with Gasteiger partial charge in [-0.15, -0.1) is 0 Å². The number of aromatic nitrogens is 2. The van der Waals surface area contributed by atoms with Gasteiger partial charge in [-0.2, -0.15) is 0 Å². The van der Waals surface area contributed by atoms with Crippen molar-refractivity contribution >= 4 is 28.5 Å². The van der Waals surface area contributed by atoms with Crippen LogP contribution in [0.2, 0.25) is 5.02 Å². The van der Waals surface area contributed by atoms with E-state index in [4.69, 9.17) is 21.3 Å². The third-order valence-electron chi connectivity index (χ3n) is 5.14. The summed E-state index contributed by atoms with van der Waals surface area (Å²) in [5, 5.41) is 3.64. The first-order valence-corrected chi connectivity index (χ1v) is 11.2. The van der Waals surface area contributed by atoms with Gasteiger partial charge in [0.05, 0.1) is 17.6 Å². The molecule has 0 spiro atoms. The first-order valence-electron chi connectivity index (χ1n) is 10.8. The molecule has 2 aromatic carbocycles. The lowest BCUT2D eigenvalue weighted by Crippen LogP contribution is -2.22. The van der Waals surface area contributed by atoms with Crippen molar-refractivity contribution in [1.29, 1.82) is 0 Å². The summed E-state index contributed by atoms with van der Waals surface area (Å²) >= 11 is 6.10. The van der Waals surface area contributed by atoms with Gasteiger partial charge >= 0.3 is 0 Å². The van der Waals surface area contributed by atoms with E-state index in [0.29, 0.717) is 13.2 Å². The fraction of sp³-hybridized carbons (Fsp3) is 0.360.